The van der Waals surface area contributed by atoms with Gasteiger partial charge in [0.1, 0.15) is 11.9 Å². The van der Waals surface area contributed by atoms with Crippen LogP contribution in [-0.2, 0) is 9.22 Å². The van der Waals surface area contributed by atoms with Crippen LogP contribution in [0.15, 0.2) is 24.3 Å². The number of halogens is 1. The second-order valence-electron chi connectivity index (χ2n) is 10.3. The van der Waals surface area contributed by atoms with Crippen molar-refractivity contribution in [1.82, 2.24) is 4.90 Å². The summed E-state index contributed by atoms with van der Waals surface area (Å²) in [4.78, 5) is 14.3. The lowest BCUT2D eigenvalue weighted by Gasteiger charge is -2.37. The quantitative estimate of drug-likeness (QED) is 0.500. The Labute approximate surface area is 182 Å². The largest absolute Gasteiger partial charge is 0.480 e. The van der Waals surface area contributed by atoms with Gasteiger partial charge in [-0.2, -0.15) is 0 Å². The highest BCUT2D eigenvalue weighted by atomic mass is 28.4. The highest BCUT2D eigenvalue weighted by Gasteiger charge is 2.44. The van der Waals surface area contributed by atoms with Crippen LogP contribution in [0.25, 0.3) is 0 Å². The summed E-state index contributed by atoms with van der Waals surface area (Å²) in [7, 11) is -1.93. The first kappa shape index (κ1) is 25.0. The Hall–Kier alpha value is -1.24. The van der Waals surface area contributed by atoms with Crippen LogP contribution in [0.5, 0.6) is 0 Å². The summed E-state index contributed by atoms with van der Waals surface area (Å²) in [5.74, 6) is -0.674. The predicted octanol–water partition coefficient (Wildman–Crippen LogP) is 5.75. The number of aliphatic carboxylic acids is 1. The Bertz CT molecular complexity index is 715. The molecule has 0 aliphatic carbocycles. The molecular weight excluding hydrogens is 397 g/mol. The fourth-order valence-electron chi connectivity index (χ4n) is 4.34. The van der Waals surface area contributed by atoms with Crippen LogP contribution < -0.4 is 0 Å². The minimum atomic E-state index is -1.93. The Morgan fingerprint density at radius 3 is 2.40 bits per heavy atom. The van der Waals surface area contributed by atoms with Gasteiger partial charge in [0.2, 0.25) is 0 Å². The summed E-state index contributed by atoms with van der Waals surface area (Å²) in [5, 5.41) is 10.1. The van der Waals surface area contributed by atoms with Gasteiger partial charge < -0.3 is 9.53 Å². The van der Waals surface area contributed by atoms with E-state index in [-0.39, 0.29) is 28.6 Å². The first-order valence-electron chi connectivity index (χ1n) is 11.3. The number of carbonyl (C=O) groups is 1. The second-order valence-corrected chi connectivity index (χ2v) is 15.1. The molecule has 1 aliphatic heterocycles. The summed E-state index contributed by atoms with van der Waals surface area (Å²) < 4.78 is 20.5. The zero-order chi connectivity index (χ0) is 22.7. The minimum absolute atomic E-state index is 0.0710. The van der Waals surface area contributed by atoms with Gasteiger partial charge in [0.15, 0.2) is 8.32 Å². The van der Waals surface area contributed by atoms with Crippen molar-refractivity contribution < 1.29 is 18.7 Å². The lowest BCUT2D eigenvalue weighted by molar-refractivity contribution is -0.145. The van der Waals surface area contributed by atoms with Crippen molar-refractivity contribution in [3.8, 4) is 0 Å². The van der Waals surface area contributed by atoms with Crippen molar-refractivity contribution in [1.29, 1.82) is 0 Å². The van der Waals surface area contributed by atoms with Crippen molar-refractivity contribution in [2.75, 3.05) is 19.7 Å². The van der Waals surface area contributed by atoms with Gasteiger partial charge >= 0.3 is 5.97 Å². The lowest BCUT2D eigenvalue weighted by Crippen LogP contribution is -2.45. The van der Waals surface area contributed by atoms with Crippen LogP contribution in [0.3, 0.4) is 0 Å². The molecule has 4 nitrogen and oxygen atoms in total. The van der Waals surface area contributed by atoms with E-state index in [2.05, 4.69) is 52.6 Å². The normalized spacial score (nSPS) is 21.9. The average Bonchev–Trinajstić information content (AvgIpc) is 3.06. The molecule has 1 N–H and O–H groups in total. The van der Waals surface area contributed by atoms with Gasteiger partial charge in [-0.05, 0) is 41.7 Å². The summed E-state index contributed by atoms with van der Waals surface area (Å²) in [6.07, 6.45) is 1.67. The molecule has 0 saturated carbocycles. The molecule has 0 radical (unpaired) electrons. The van der Waals surface area contributed by atoms with E-state index in [1.165, 1.54) is 6.07 Å². The van der Waals surface area contributed by atoms with Gasteiger partial charge in [-0.15, -0.1) is 0 Å². The highest BCUT2D eigenvalue weighted by molar-refractivity contribution is 6.74. The van der Waals surface area contributed by atoms with Gasteiger partial charge in [-0.25, -0.2) is 4.39 Å². The molecule has 170 valence electrons. The van der Waals surface area contributed by atoms with Crippen LogP contribution in [0.1, 0.15) is 58.9 Å². The first-order valence-corrected chi connectivity index (χ1v) is 14.2. The van der Waals surface area contributed by atoms with Crippen LogP contribution in [0.4, 0.5) is 4.39 Å². The number of carboxylic acid groups (broad SMARTS) is 1. The number of hydrogen-bond acceptors (Lipinski definition) is 3. The average molecular weight is 438 g/mol. The van der Waals surface area contributed by atoms with E-state index in [0.29, 0.717) is 19.7 Å². The zero-order valence-corrected chi connectivity index (χ0v) is 20.7. The van der Waals surface area contributed by atoms with Crippen molar-refractivity contribution >= 4 is 14.3 Å². The molecule has 1 aliphatic rings. The summed E-state index contributed by atoms with van der Waals surface area (Å²) >= 11 is 0. The van der Waals surface area contributed by atoms with Gasteiger partial charge in [0, 0.05) is 31.5 Å². The smallest absolute Gasteiger partial charge is 0.321 e. The summed E-state index contributed by atoms with van der Waals surface area (Å²) in [6.45, 7) is 17.1. The van der Waals surface area contributed by atoms with Crippen LogP contribution >= 0.6 is 0 Å². The van der Waals surface area contributed by atoms with Crippen molar-refractivity contribution in [2.24, 2.45) is 11.8 Å². The molecule has 3 atom stereocenters. The molecule has 0 bridgehead atoms. The van der Waals surface area contributed by atoms with Gasteiger partial charge in [-0.1, -0.05) is 59.6 Å². The molecule has 0 aromatic heterocycles. The number of likely N-dealkylation sites (tertiary alicyclic amines) is 1. The molecule has 2 rings (SSSR count). The Balaban J connectivity index is 2.30. The van der Waals surface area contributed by atoms with E-state index >= 15 is 0 Å². The van der Waals surface area contributed by atoms with Crippen LogP contribution in [0, 0.1) is 17.7 Å². The van der Waals surface area contributed by atoms with Gasteiger partial charge in [0.25, 0.3) is 0 Å². The molecule has 1 saturated heterocycles. The summed E-state index contributed by atoms with van der Waals surface area (Å²) in [6, 6.07) is 6.26. The number of hydrogen-bond donors (Lipinski definition) is 1. The molecule has 1 unspecified atom stereocenters. The minimum Gasteiger partial charge on any atom is -0.480 e. The number of benzene rings is 1. The number of rotatable bonds is 9. The topological polar surface area (TPSA) is 49.8 Å². The van der Waals surface area contributed by atoms with E-state index < -0.39 is 20.3 Å². The van der Waals surface area contributed by atoms with E-state index in [1.807, 2.05) is 6.07 Å². The summed E-state index contributed by atoms with van der Waals surface area (Å²) in [5.41, 5.74) is 0.940. The zero-order valence-electron chi connectivity index (χ0n) is 19.7. The first-order chi connectivity index (χ1) is 13.9. The third-order valence-corrected chi connectivity index (χ3v) is 11.9. The highest BCUT2D eigenvalue weighted by Crippen LogP contribution is 2.40. The van der Waals surface area contributed by atoms with Crippen molar-refractivity contribution in [2.45, 2.75) is 77.6 Å². The van der Waals surface area contributed by atoms with Gasteiger partial charge in [-0.3, -0.25) is 9.69 Å². The molecule has 0 spiro atoms. The third-order valence-electron chi connectivity index (χ3n) is 7.35. The van der Waals surface area contributed by atoms with Gasteiger partial charge in [0.05, 0.1) is 0 Å². The monoisotopic (exact) mass is 437 g/mol. The van der Waals surface area contributed by atoms with E-state index in [1.54, 1.807) is 12.1 Å². The molecule has 1 heterocycles. The Morgan fingerprint density at radius 1 is 1.27 bits per heavy atom. The van der Waals surface area contributed by atoms with Crippen LogP contribution in [0.2, 0.25) is 18.1 Å². The third kappa shape index (κ3) is 5.71. The molecule has 0 amide bonds. The maximum atomic E-state index is 14.0. The Kier molecular flexibility index (Phi) is 8.27. The molecule has 6 heteroatoms. The molecule has 1 aromatic rings. The van der Waals surface area contributed by atoms with Crippen LogP contribution in [-0.4, -0.2) is 50.0 Å². The van der Waals surface area contributed by atoms with E-state index in [9.17, 15) is 14.3 Å². The fourth-order valence-corrected chi connectivity index (χ4v) is 5.40. The van der Waals surface area contributed by atoms with Crippen molar-refractivity contribution in [3.05, 3.63) is 35.6 Å². The van der Waals surface area contributed by atoms with Crippen molar-refractivity contribution in [3.63, 3.8) is 0 Å². The predicted molar refractivity (Wildman–Crippen MR) is 123 cm³/mol. The SMILES string of the molecule is CCC(CC)C(C(=O)O)N1C[C@H](CO[Si](C)(C)C(C)(C)C)[C@@H](c2cccc(F)c2)C1. The standard InChI is InChI=1S/C24H40FNO3Si/c1-8-17(9-2)22(23(27)28)26-14-19(16-29-30(6,7)24(3,4)5)21(15-26)18-11-10-12-20(25)13-18/h10-13,17,19,21-22H,8-9,14-16H2,1-7H3,(H,27,28)/t19-,21-,22?/m1/s1. The van der Waals surface area contributed by atoms with E-state index in [0.717, 1.165) is 18.4 Å². The maximum absolute atomic E-state index is 14.0. The molecular formula is C24H40FNO3Si. The fraction of sp³-hybridized carbons (Fsp3) is 0.708. The Morgan fingerprint density at radius 2 is 1.90 bits per heavy atom. The maximum Gasteiger partial charge on any atom is 0.321 e. The molecule has 30 heavy (non-hydrogen) atoms. The second kappa shape index (κ2) is 9.92. The number of carboxylic acids is 1. The number of nitrogens with zero attached hydrogens (tertiary/aromatic N) is 1. The molecule has 1 aromatic carbocycles. The lowest BCUT2D eigenvalue weighted by atomic mass is 9.89. The van der Waals surface area contributed by atoms with E-state index in [4.69, 9.17) is 4.43 Å². The molecule has 1 fully saturated rings.